The molecule has 7 heteroatoms. The molecule has 1 N–H and O–H groups in total. The highest BCUT2D eigenvalue weighted by Gasteiger charge is 2.27. The first-order valence-corrected chi connectivity index (χ1v) is 6.46. The maximum atomic E-state index is 12.1. The fraction of sp³-hybridized carbons (Fsp3) is 0.636. The third-order valence-corrected chi connectivity index (χ3v) is 3.19. The van der Waals surface area contributed by atoms with Crippen LogP contribution in [0.25, 0.3) is 0 Å². The second-order valence-electron chi connectivity index (χ2n) is 3.93. The van der Waals surface area contributed by atoms with Crippen LogP contribution in [-0.2, 0) is 6.42 Å². The summed E-state index contributed by atoms with van der Waals surface area (Å²) < 4.78 is 37.1. The third-order valence-electron chi connectivity index (χ3n) is 2.24. The van der Waals surface area contributed by atoms with Gasteiger partial charge in [-0.3, -0.25) is 0 Å². The number of aromatic nitrogens is 2. The second kappa shape index (κ2) is 6.36. The molecule has 1 aromatic heterocycles. The Kier molecular flexibility index (Phi) is 5.37. The predicted molar refractivity (Wildman–Crippen MR) is 67.6 cm³/mol. The number of rotatable bonds is 5. The van der Waals surface area contributed by atoms with Crippen molar-refractivity contribution in [1.29, 1.82) is 0 Å². The van der Waals surface area contributed by atoms with E-state index in [9.17, 15) is 13.2 Å². The van der Waals surface area contributed by atoms with Crippen LogP contribution in [0.3, 0.4) is 0 Å². The van der Waals surface area contributed by atoms with Crippen molar-refractivity contribution in [2.75, 3.05) is 11.9 Å². The van der Waals surface area contributed by atoms with Gasteiger partial charge < -0.3 is 5.32 Å². The second-order valence-corrected chi connectivity index (χ2v) is 4.72. The first-order valence-electron chi connectivity index (χ1n) is 5.67. The summed E-state index contributed by atoms with van der Waals surface area (Å²) in [6.07, 6.45) is -4.37. The normalized spacial score (nSPS) is 11.7. The summed E-state index contributed by atoms with van der Waals surface area (Å²) in [7, 11) is 0. The number of aryl methyl sites for hydroxylation is 2. The van der Waals surface area contributed by atoms with Crippen molar-refractivity contribution in [3.63, 3.8) is 0 Å². The molecule has 0 aliphatic heterocycles. The molecule has 102 valence electrons. The molecule has 0 aliphatic rings. The molecule has 0 bridgehead atoms. The summed E-state index contributed by atoms with van der Waals surface area (Å²) in [6.45, 7) is 4.45. The lowest BCUT2D eigenvalue weighted by Gasteiger charge is -2.11. The first kappa shape index (κ1) is 15.2. The molecule has 18 heavy (non-hydrogen) atoms. The molecule has 0 aliphatic carbocycles. The highest BCUT2D eigenvalue weighted by atomic mass is 79.9. The van der Waals surface area contributed by atoms with E-state index in [1.165, 1.54) is 0 Å². The number of halogens is 4. The number of anilines is 1. The molecular formula is C11H15BrF3N3. The lowest BCUT2D eigenvalue weighted by Crippen LogP contribution is -2.12. The van der Waals surface area contributed by atoms with E-state index >= 15 is 0 Å². The summed E-state index contributed by atoms with van der Waals surface area (Å²) in [5, 5.41) is 3.06. The van der Waals surface area contributed by atoms with Crippen molar-refractivity contribution in [1.82, 2.24) is 9.97 Å². The minimum atomic E-state index is -4.18. The van der Waals surface area contributed by atoms with Gasteiger partial charge in [0.25, 0.3) is 0 Å². The average molecular weight is 326 g/mol. The Bertz CT molecular complexity index is 407. The van der Waals surface area contributed by atoms with Crippen LogP contribution in [-0.4, -0.2) is 22.7 Å². The summed E-state index contributed by atoms with van der Waals surface area (Å²) in [4.78, 5) is 8.15. The number of hydrogen-bond donors (Lipinski definition) is 1. The standard InChI is InChI=1S/C11H15BrF3N3/c1-3-6-16-10-9(12)7(2)17-8(18-10)4-5-11(13,14)15/h3-6H2,1-2H3,(H,16,17,18). The Morgan fingerprint density at radius 2 is 1.94 bits per heavy atom. The topological polar surface area (TPSA) is 37.8 Å². The van der Waals surface area contributed by atoms with Crippen molar-refractivity contribution in [2.45, 2.75) is 39.3 Å². The summed E-state index contributed by atoms with van der Waals surface area (Å²) in [5.74, 6) is 0.771. The van der Waals surface area contributed by atoms with E-state index in [0.29, 0.717) is 22.5 Å². The van der Waals surface area contributed by atoms with Gasteiger partial charge in [-0.1, -0.05) is 6.92 Å². The quantitative estimate of drug-likeness (QED) is 0.893. The molecule has 0 fully saturated rings. The predicted octanol–water partition coefficient (Wildman–Crippen LogP) is 3.86. The van der Waals surface area contributed by atoms with E-state index in [2.05, 4.69) is 31.2 Å². The minimum absolute atomic E-state index is 0.196. The molecule has 0 aromatic carbocycles. The van der Waals surface area contributed by atoms with Crippen molar-refractivity contribution < 1.29 is 13.2 Å². The van der Waals surface area contributed by atoms with Gasteiger partial charge in [-0.05, 0) is 29.3 Å². The van der Waals surface area contributed by atoms with E-state index in [0.717, 1.165) is 6.42 Å². The molecule has 0 amide bonds. The number of nitrogens with one attached hydrogen (secondary N) is 1. The van der Waals surface area contributed by atoms with Gasteiger partial charge in [-0.15, -0.1) is 0 Å². The number of alkyl halides is 3. The molecule has 1 aromatic rings. The molecule has 0 atom stereocenters. The molecule has 0 saturated carbocycles. The Labute approximate surface area is 112 Å². The van der Waals surface area contributed by atoms with Gasteiger partial charge in [0.2, 0.25) is 0 Å². The lowest BCUT2D eigenvalue weighted by atomic mass is 10.2. The molecule has 1 heterocycles. The largest absolute Gasteiger partial charge is 0.389 e. The fourth-order valence-corrected chi connectivity index (χ4v) is 1.66. The van der Waals surface area contributed by atoms with Crippen LogP contribution >= 0.6 is 15.9 Å². The zero-order valence-corrected chi connectivity index (χ0v) is 11.8. The van der Waals surface area contributed by atoms with Gasteiger partial charge in [-0.2, -0.15) is 13.2 Å². The zero-order chi connectivity index (χ0) is 13.8. The highest BCUT2D eigenvalue weighted by molar-refractivity contribution is 9.10. The van der Waals surface area contributed by atoms with Crippen molar-refractivity contribution in [3.8, 4) is 0 Å². The average Bonchev–Trinajstić information content (AvgIpc) is 2.28. The fourth-order valence-electron chi connectivity index (χ4n) is 1.34. The van der Waals surface area contributed by atoms with Crippen LogP contribution < -0.4 is 5.32 Å². The maximum absolute atomic E-state index is 12.1. The summed E-state index contributed by atoms with van der Waals surface area (Å²) >= 11 is 3.33. The van der Waals surface area contributed by atoms with Crippen molar-refractivity contribution in [3.05, 3.63) is 16.0 Å². The third kappa shape index (κ3) is 4.80. The molecule has 1 rings (SSSR count). The maximum Gasteiger partial charge on any atom is 0.389 e. The van der Waals surface area contributed by atoms with E-state index in [1.807, 2.05) is 6.92 Å². The van der Waals surface area contributed by atoms with Gasteiger partial charge in [0, 0.05) is 13.0 Å². The SMILES string of the molecule is CCCNc1nc(CCC(F)(F)F)nc(C)c1Br. The Balaban J connectivity index is 2.83. The minimum Gasteiger partial charge on any atom is -0.369 e. The van der Waals surface area contributed by atoms with Gasteiger partial charge >= 0.3 is 6.18 Å². The van der Waals surface area contributed by atoms with Crippen LogP contribution in [0.1, 0.15) is 31.3 Å². The monoisotopic (exact) mass is 325 g/mol. The van der Waals surface area contributed by atoms with E-state index in [1.54, 1.807) is 6.92 Å². The van der Waals surface area contributed by atoms with Crippen LogP contribution in [0.15, 0.2) is 4.47 Å². The van der Waals surface area contributed by atoms with Crippen molar-refractivity contribution >= 4 is 21.7 Å². The summed E-state index contributed by atoms with van der Waals surface area (Å²) in [5.41, 5.74) is 0.640. The molecule has 0 unspecified atom stereocenters. The first-order chi connectivity index (χ1) is 8.33. The van der Waals surface area contributed by atoms with Crippen LogP contribution in [0, 0.1) is 6.92 Å². The van der Waals surface area contributed by atoms with E-state index < -0.39 is 12.6 Å². The molecule has 0 spiro atoms. The Hall–Kier alpha value is -0.850. The molecule has 0 radical (unpaired) electrons. The van der Waals surface area contributed by atoms with Crippen LogP contribution in [0.2, 0.25) is 0 Å². The smallest absolute Gasteiger partial charge is 0.369 e. The summed E-state index contributed by atoms with van der Waals surface area (Å²) in [6, 6.07) is 0. The van der Waals surface area contributed by atoms with Gasteiger partial charge in [0.1, 0.15) is 11.6 Å². The highest BCUT2D eigenvalue weighted by Crippen LogP contribution is 2.25. The van der Waals surface area contributed by atoms with Gasteiger partial charge in [0.15, 0.2) is 0 Å². The number of hydrogen-bond acceptors (Lipinski definition) is 3. The number of nitrogens with zero attached hydrogens (tertiary/aromatic N) is 2. The van der Waals surface area contributed by atoms with E-state index in [-0.39, 0.29) is 12.2 Å². The Morgan fingerprint density at radius 3 is 2.50 bits per heavy atom. The van der Waals surface area contributed by atoms with E-state index in [4.69, 9.17) is 0 Å². The lowest BCUT2D eigenvalue weighted by molar-refractivity contribution is -0.134. The van der Waals surface area contributed by atoms with Crippen LogP contribution in [0.5, 0.6) is 0 Å². The zero-order valence-electron chi connectivity index (χ0n) is 10.2. The van der Waals surface area contributed by atoms with Crippen molar-refractivity contribution in [2.24, 2.45) is 0 Å². The van der Waals surface area contributed by atoms with Crippen LogP contribution in [0.4, 0.5) is 19.0 Å². The Morgan fingerprint density at radius 1 is 1.28 bits per heavy atom. The molecular weight excluding hydrogens is 311 g/mol. The molecule has 0 saturated heterocycles. The molecule has 3 nitrogen and oxygen atoms in total. The van der Waals surface area contributed by atoms with Gasteiger partial charge in [-0.25, -0.2) is 9.97 Å². The van der Waals surface area contributed by atoms with Gasteiger partial charge in [0.05, 0.1) is 16.6 Å².